The molecule has 0 amide bonds. The Morgan fingerprint density at radius 2 is 1.48 bits per heavy atom. The molecule has 0 radical (unpaired) electrons. The lowest BCUT2D eigenvalue weighted by atomic mass is 10.1. The van der Waals surface area contributed by atoms with Crippen molar-refractivity contribution in [3.05, 3.63) is 72.5 Å². The minimum Gasteiger partial charge on any atom is -0.373 e. The third-order valence-corrected chi connectivity index (χ3v) is 6.53. The van der Waals surface area contributed by atoms with Crippen LogP contribution < -0.4 is 5.32 Å². The second kappa shape index (κ2) is 6.34. The van der Waals surface area contributed by atoms with Crippen LogP contribution in [0.1, 0.15) is 26.9 Å². The van der Waals surface area contributed by atoms with E-state index in [0.29, 0.717) is 0 Å². The lowest BCUT2D eigenvalue weighted by molar-refractivity contribution is 0.991. The first-order valence-corrected chi connectivity index (χ1v) is 9.30. The summed E-state index contributed by atoms with van der Waals surface area (Å²) in [7, 11) is 0. The van der Waals surface area contributed by atoms with Crippen LogP contribution in [0.15, 0.2) is 51.6 Å². The van der Waals surface area contributed by atoms with Crippen molar-refractivity contribution in [2.24, 2.45) is 0 Å². The molecular weight excluding hydrogens is 362 g/mol. The zero-order valence-corrected chi connectivity index (χ0v) is 15.1. The Morgan fingerprint density at radius 3 is 1.90 bits per heavy atom. The molecule has 0 aliphatic carbocycles. The van der Waals surface area contributed by atoms with Crippen LogP contribution in [0, 0.1) is 13.8 Å². The van der Waals surface area contributed by atoms with Gasteiger partial charge in [-0.2, -0.15) is 0 Å². The van der Waals surface area contributed by atoms with Crippen molar-refractivity contribution in [2.45, 2.75) is 19.9 Å². The lowest BCUT2D eigenvalue weighted by Crippen LogP contribution is -2.10. The highest BCUT2D eigenvalue weighted by molar-refractivity contribution is 9.10. The predicted octanol–water partition coefficient (Wildman–Crippen LogP) is 6.39. The average Bonchev–Trinajstić information content (AvgIpc) is 3.14. The van der Waals surface area contributed by atoms with Crippen LogP contribution in [0.5, 0.6) is 0 Å². The molecule has 0 saturated carbocycles. The van der Waals surface area contributed by atoms with Gasteiger partial charge in [-0.1, -0.05) is 28.1 Å². The second-order valence-electron chi connectivity index (χ2n) is 5.03. The average molecular weight is 378 g/mol. The number of thiophene rings is 2. The molecule has 108 valence electrons. The first-order valence-electron chi connectivity index (χ1n) is 6.75. The van der Waals surface area contributed by atoms with Crippen LogP contribution >= 0.6 is 38.6 Å². The van der Waals surface area contributed by atoms with Crippen LogP contribution in [0.3, 0.4) is 0 Å². The van der Waals surface area contributed by atoms with Gasteiger partial charge in [-0.05, 0) is 60.0 Å². The molecule has 1 N–H and O–H groups in total. The topological polar surface area (TPSA) is 12.0 Å². The van der Waals surface area contributed by atoms with Gasteiger partial charge in [0.2, 0.25) is 0 Å². The molecule has 1 nitrogen and oxygen atoms in total. The lowest BCUT2D eigenvalue weighted by Gasteiger charge is -2.19. The van der Waals surface area contributed by atoms with Gasteiger partial charge in [-0.25, -0.2) is 0 Å². The van der Waals surface area contributed by atoms with Crippen LogP contribution in [0.2, 0.25) is 0 Å². The monoisotopic (exact) mass is 377 g/mol. The number of hydrogen-bond donors (Lipinski definition) is 1. The molecule has 3 aromatic rings. The van der Waals surface area contributed by atoms with Crippen molar-refractivity contribution in [1.82, 2.24) is 0 Å². The van der Waals surface area contributed by atoms with E-state index in [1.165, 1.54) is 31.0 Å². The maximum atomic E-state index is 3.69. The fourth-order valence-electron chi connectivity index (χ4n) is 2.39. The molecule has 2 aromatic heterocycles. The summed E-state index contributed by atoms with van der Waals surface area (Å²) in [4.78, 5) is 2.69. The van der Waals surface area contributed by atoms with E-state index in [2.05, 4.69) is 82.3 Å². The van der Waals surface area contributed by atoms with Crippen LogP contribution in [-0.4, -0.2) is 0 Å². The van der Waals surface area contributed by atoms with Gasteiger partial charge in [0.25, 0.3) is 0 Å². The van der Waals surface area contributed by atoms with Crippen molar-refractivity contribution in [2.75, 3.05) is 5.32 Å². The molecule has 4 heteroatoms. The highest BCUT2D eigenvalue weighted by atomic mass is 79.9. The Morgan fingerprint density at radius 1 is 0.952 bits per heavy atom. The van der Waals surface area contributed by atoms with E-state index in [1.54, 1.807) is 22.7 Å². The molecule has 0 bridgehead atoms. The summed E-state index contributed by atoms with van der Waals surface area (Å²) in [6.45, 7) is 4.26. The minimum atomic E-state index is 0.227. The summed E-state index contributed by atoms with van der Waals surface area (Å²) in [5, 5.41) is 7.96. The Bertz CT molecular complexity index is 660. The highest BCUT2D eigenvalue weighted by Gasteiger charge is 2.16. The Balaban J connectivity index is 1.96. The van der Waals surface area contributed by atoms with Gasteiger partial charge in [0.05, 0.1) is 6.04 Å². The van der Waals surface area contributed by atoms with E-state index in [9.17, 15) is 0 Å². The quantitative estimate of drug-likeness (QED) is 0.555. The SMILES string of the molecule is Cc1cc(NC(c2cccs2)c2cccs2)cc(C)c1Br. The van der Waals surface area contributed by atoms with Crippen molar-refractivity contribution in [1.29, 1.82) is 0 Å². The van der Waals surface area contributed by atoms with Crippen molar-refractivity contribution >= 4 is 44.3 Å². The smallest absolute Gasteiger partial charge is 0.0953 e. The summed E-state index contributed by atoms with van der Waals surface area (Å²) in [6.07, 6.45) is 0. The fourth-order valence-corrected chi connectivity index (χ4v) is 4.28. The van der Waals surface area contributed by atoms with Gasteiger partial charge in [-0.3, -0.25) is 0 Å². The third kappa shape index (κ3) is 3.23. The van der Waals surface area contributed by atoms with Crippen molar-refractivity contribution in [3.8, 4) is 0 Å². The molecule has 0 aliphatic rings. The summed E-state index contributed by atoms with van der Waals surface area (Å²) in [5.41, 5.74) is 3.68. The molecule has 2 heterocycles. The zero-order valence-electron chi connectivity index (χ0n) is 11.9. The Kier molecular flexibility index (Phi) is 4.48. The Hall–Kier alpha value is -1.10. The van der Waals surface area contributed by atoms with Gasteiger partial charge in [0.1, 0.15) is 0 Å². The summed E-state index contributed by atoms with van der Waals surface area (Å²) < 4.78 is 1.19. The number of hydrogen-bond acceptors (Lipinski definition) is 3. The molecule has 0 saturated heterocycles. The van der Waals surface area contributed by atoms with E-state index in [4.69, 9.17) is 0 Å². The largest absolute Gasteiger partial charge is 0.373 e. The molecule has 0 fully saturated rings. The van der Waals surface area contributed by atoms with Crippen molar-refractivity contribution < 1.29 is 0 Å². The molecular formula is C17H16BrNS2. The highest BCUT2D eigenvalue weighted by Crippen LogP contribution is 2.34. The minimum absolute atomic E-state index is 0.227. The summed E-state index contributed by atoms with van der Waals surface area (Å²) in [6, 6.07) is 13.2. The predicted molar refractivity (Wildman–Crippen MR) is 97.7 cm³/mol. The number of rotatable bonds is 4. The first-order chi connectivity index (χ1) is 10.1. The molecule has 3 rings (SSSR count). The fraction of sp³-hybridized carbons (Fsp3) is 0.176. The standard InChI is InChI=1S/C17H16BrNS2/c1-11-9-13(10-12(2)16(11)18)19-17(14-5-3-7-20-14)15-6-4-8-21-15/h3-10,17,19H,1-2H3. The van der Waals surface area contributed by atoms with Gasteiger partial charge >= 0.3 is 0 Å². The van der Waals surface area contributed by atoms with Crippen molar-refractivity contribution in [3.63, 3.8) is 0 Å². The molecule has 0 unspecified atom stereocenters. The summed E-state index contributed by atoms with van der Waals surface area (Å²) in [5.74, 6) is 0. The maximum absolute atomic E-state index is 3.69. The van der Waals surface area contributed by atoms with E-state index in [-0.39, 0.29) is 6.04 Å². The van der Waals surface area contributed by atoms with E-state index >= 15 is 0 Å². The van der Waals surface area contributed by atoms with Gasteiger partial charge in [0.15, 0.2) is 0 Å². The molecule has 0 spiro atoms. The summed E-state index contributed by atoms with van der Waals surface area (Å²) >= 11 is 7.22. The van der Waals surface area contributed by atoms with Gasteiger partial charge in [0, 0.05) is 19.9 Å². The first kappa shape index (κ1) is 14.8. The number of nitrogens with one attached hydrogen (secondary N) is 1. The van der Waals surface area contributed by atoms with Crippen LogP contribution in [0.25, 0.3) is 0 Å². The van der Waals surface area contributed by atoms with E-state index in [1.807, 2.05) is 0 Å². The van der Waals surface area contributed by atoms with Crippen LogP contribution in [-0.2, 0) is 0 Å². The molecule has 1 aromatic carbocycles. The van der Waals surface area contributed by atoms with E-state index < -0.39 is 0 Å². The van der Waals surface area contributed by atoms with Crippen LogP contribution in [0.4, 0.5) is 5.69 Å². The Labute approximate surface area is 141 Å². The number of benzene rings is 1. The van der Waals surface area contributed by atoms with Gasteiger partial charge < -0.3 is 5.32 Å². The second-order valence-corrected chi connectivity index (χ2v) is 7.78. The normalized spacial score (nSPS) is 11.0. The number of anilines is 1. The maximum Gasteiger partial charge on any atom is 0.0953 e. The molecule has 0 atom stereocenters. The number of aryl methyl sites for hydroxylation is 2. The zero-order chi connectivity index (χ0) is 14.8. The molecule has 21 heavy (non-hydrogen) atoms. The van der Waals surface area contributed by atoms with E-state index in [0.717, 1.165) is 0 Å². The molecule has 0 aliphatic heterocycles. The third-order valence-electron chi connectivity index (χ3n) is 3.40. The van der Waals surface area contributed by atoms with Gasteiger partial charge in [-0.15, -0.1) is 22.7 Å². The number of halogens is 1.